The van der Waals surface area contributed by atoms with Gasteiger partial charge in [-0.2, -0.15) is 0 Å². The van der Waals surface area contributed by atoms with Crippen molar-refractivity contribution in [2.75, 3.05) is 11.9 Å². The third-order valence-electron chi connectivity index (χ3n) is 2.98. The predicted molar refractivity (Wildman–Crippen MR) is 76.0 cm³/mol. The first-order valence-corrected chi connectivity index (χ1v) is 6.37. The van der Waals surface area contributed by atoms with E-state index < -0.39 is 6.04 Å². The summed E-state index contributed by atoms with van der Waals surface area (Å²) < 4.78 is 13.6. The molecule has 0 heterocycles. The summed E-state index contributed by atoms with van der Waals surface area (Å²) in [7, 11) is 0. The smallest absolute Gasteiger partial charge is 0.146 e. The normalized spacial score (nSPS) is 12.2. The number of aliphatic hydroxyl groups is 1. The molecule has 4 heteroatoms. The van der Waals surface area contributed by atoms with Crippen LogP contribution in [-0.2, 0) is 0 Å². The quantitative estimate of drug-likeness (QED) is 0.889. The molecule has 0 fully saturated rings. The number of halogens is 2. The molecule has 2 rings (SSSR count). The Morgan fingerprint density at radius 3 is 2.63 bits per heavy atom. The highest BCUT2D eigenvalue weighted by Crippen LogP contribution is 2.25. The Balaban J connectivity index is 2.25. The van der Waals surface area contributed by atoms with Gasteiger partial charge in [0.05, 0.1) is 18.3 Å². The maximum atomic E-state index is 13.6. The molecule has 1 atom stereocenters. The number of nitrogens with one attached hydrogen (secondary N) is 1. The van der Waals surface area contributed by atoms with Crippen LogP contribution in [0.4, 0.5) is 10.1 Å². The van der Waals surface area contributed by atoms with Crippen molar-refractivity contribution in [1.29, 1.82) is 0 Å². The lowest BCUT2D eigenvalue weighted by molar-refractivity contribution is 0.276. The molecule has 1 unspecified atom stereocenters. The van der Waals surface area contributed by atoms with Crippen LogP contribution < -0.4 is 5.32 Å². The van der Waals surface area contributed by atoms with Crippen molar-refractivity contribution in [3.8, 4) is 0 Å². The minimum absolute atomic E-state index is 0.145. The number of hydrogen-bond acceptors (Lipinski definition) is 2. The highest BCUT2D eigenvalue weighted by molar-refractivity contribution is 6.31. The standard InChI is InChI=1S/C15H15ClFNO/c1-10-6-7-11(8-12(10)16)15(9-19)18-14-5-3-2-4-13(14)17/h2-8,15,18-19H,9H2,1H3. The second kappa shape index (κ2) is 6.04. The van der Waals surface area contributed by atoms with Gasteiger partial charge < -0.3 is 10.4 Å². The van der Waals surface area contributed by atoms with Crippen LogP contribution in [0.15, 0.2) is 42.5 Å². The number of aliphatic hydroxyl groups excluding tert-OH is 1. The Morgan fingerprint density at radius 2 is 2.00 bits per heavy atom. The largest absolute Gasteiger partial charge is 0.394 e. The summed E-state index contributed by atoms with van der Waals surface area (Å²) in [5.41, 5.74) is 2.15. The number of hydrogen-bond donors (Lipinski definition) is 2. The molecule has 2 aromatic rings. The van der Waals surface area contributed by atoms with Gasteiger partial charge in [0.1, 0.15) is 5.82 Å². The first-order valence-electron chi connectivity index (χ1n) is 6.00. The highest BCUT2D eigenvalue weighted by Gasteiger charge is 2.13. The van der Waals surface area contributed by atoms with E-state index in [0.717, 1.165) is 11.1 Å². The molecule has 0 aliphatic rings. The second-order valence-corrected chi connectivity index (χ2v) is 4.78. The fourth-order valence-electron chi connectivity index (χ4n) is 1.83. The molecule has 0 spiro atoms. The zero-order valence-electron chi connectivity index (χ0n) is 10.5. The Bertz CT molecular complexity index is 574. The van der Waals surface area contributed by atoms with Crippen LogP contribution in [0.25, 0.3) is 0 Å². The lowest BCUT2D eigenvalue weighted by atomic mass is 10.1. The average Bonchev–Trinajstić information content (AvgIpc) is 2.41. The van der Waals surface area contributed by atoms with Gasteiger partial charge in [-0.05, 0) is 36.2 Å². The summed E-state index contributed by atoms with van der Waals surface area (Å²) in [6.45, 7) is 1.76. The molecule has 2 aromatic carbocycles. The number of rotatable bonds is 4. The highest BCUT2D eigenvalue weighted by atomic mass is 35.5. The molecule has 0 bridgehead atoms. The molecule has 0 aliphatic carbocycles. The van der Waals surface area contributed by atoms with E-state index in [1.807, 2.05) is 19.1 Å². The van der Waals surface area contributed by atoms with Gasteiger partial charge in [-0.25, -0.2) is 4.39 Å². The van der Waals surface area contributed by atoms with E-state index in [0.29, 0.717) is 10.7 Å². The van der Waals surface area contributed by atoms with Gasteiger partial charge >= 0.3 is 0 Å². The first-order chi connectivity index (χ1) is 9.11. The van der Waals surface area contributed by atoms with E-state index in [1.165, 1.54) is 6.07 Å². The summed E-state index contributed by atoms with van der Waals surface area (Å²) in [6, 6.07) is 11.5. The SMILES string of the molecule is Cc1ccc(C(CO)Nc2ccccc2F)cc1Cl. The molecule has 0 saturated carbocycles. The van der Waals surface area contributed by atoms with E-state index in [2.05, 4.69) is 5.32 Å². The maximum absolute atomic E-state index is 13.6. The molecule has 2 nitrogen and oxygen atoms in total. The van der Waals surface area contributed by atoms with E-state index in [1.54, 1.807) is 24.3 Å². The van der Waals surface area contributed by atoms with Crippen molar-refractivity contribution < 1.29 is 9.50 Å². The number of aryl methyl sites for hydroxylation is 1. The van der Waals surface area contributed by atoms with Gasteiger partial charge in [-0.15, -0.1) is 0 Å². The van der Waals surface area contributed by atoms with E-state index in [-0.39, 0.29) is 12.4 Å². The Morgan fingerprint density at radius 1 is 1.26 bits per heavy atom. The van der Waals surface area contributed by atoms with Crippen LogP contribution in [0, 0.1) is 12.7 Å². The van der Waals surface area contributed by atoms with Gasteiger partial charge in [0, 0.05) is 5.02 Å². The molecule has 0 amide bonds. The van der Waals surface area contributed by atoms with Crippen molar-refractivity contribution in [1.82, 2.24) is 0 Å². The van der Waals surface area contributed by atoms with E-state index in [9.17, 15) is 9.50 Å². The van der Waals surface area contributed by atoms with Crippen LogP contribution in [0.2, 0.25) is 5.02 Å². The molecular weight excluding hydrogens is 265 g/mol. The summed E-state index contributed by atoms with van der Waals surface area (Å²) in [6.07, 6.45) is 0. The third kappa shape index (κ3) is 3.25. The van der Waals surface area contributed by atoms with Crippen LogP contribution in [0.5, 0.6) is 0 Å². The molecular formula is C15H15ClFNO. The Labute approximate surface area is 116 Å². The molecule has 2 N–H and O–H groups in total. The Hall–Kier alpha value is -1.58. The molecule has 0 radical (unpaired) electrons. The molecule has 0 saturated heterocycles. The second-order valence-electron chi connectivity index (χ2n) is 4.37. The molecule has 0 aromatic heterocycles. The van der Waals surface area contributed by atoms with Crippen LogP contribution in [0.1, 0.15) is 17.2 Å². The topological polar surface area (TPSA) is 32.3 Å². The fraction of sp³-hybridized carbons (Fsp3) is 0.200. The first kappa shape index (κ1) is 13.8. The molecule has 100 valence electrons. The third-order valence-corrected chi connectivity index (χ3v) is 3.39. The zero-order valence-corrected chi connectivity index (χ0v) is 11.3. The van der Waals surface area contributed by atoms with Gasteiger partial charge in [-0.3, -0.25) is 0 Å². The van der Waals surface area contributed by atoms with Crippen molar-refractivity contribution >= 4 is 17.3 Å². The van der Waals surface area contributed by atoms with Crippen LogP contribution in [0.3, 0.4) is 0 Å². The zero-order chi connectivity index (χ0) is 13.8. The van der Waals surface area contributed by atoms with Crippen molar-refractivity contribution in [2.45, 2.75) is 13.0 Å². The van der Waals surface area contributed by atoms with Crippen molar-refractivity contribution in [2.24, 2.45) is 0 Å². The predicted octanol–water partition coefficient (Wildman–Crippen LogP) is 3.93. The van der Waals surface area contributed by atoms with Crippen molar-refractivity contribution in [3.05, 3.63) is 64.4 Å². The Kier molecular flexibility index (Phi) is 4.40. The summed E-state index contributed by atoms with van der Waals surface area (Å²) >= 11 is 6.07. The van der Waals surface area contributed by atoms with Gasteiger partial charge in [-0.1, -0.05) is 35.9 Å². The minimum Gasteiger partial charge on any atom is -0.394 e. The van der Waals surface area contributed by atoms with Crippen molar-refractivity contribution in [3.63, 3.8) is 0 Å². The summed E-state index contributed by atoms with van der Waals surface area (Å²) in [5, 5.41) is 13.1. The maximum Gasteiger partial charge on any atom is 0.146 e. The number of benzene rings is 2. The fourth-order valence-corrected chi connectivity index (χ4v) is 2.02. The van der Waals surface area contributed by atoms with Crippen LogP contribution in [-0.4, -0.2) is 11.7 Å². The monoisotopic (exact) mass is 279 g/mol. The van der Waals surface area contributed by atoms with Gasteiger partial charge in [0.15, 0.2) is 0 Å². The van der Waals surface area contributed by atoms with Crippen LogP contribution >= 0.6 is 11.6 Å². The van der Waals surface area contributed by atoms with Gasteiger partial charge in [0.2, 0.25) is 0 Å². The van der Waals surface area contributed by atoms with Gasteiger partial charge in [0.25, 0.3) is 0 Å². The molecule has 19 heavy (non-hydrogen) atoms. The lowest BCUT2D eigenvalue weighted by Crippen LogP contribution is -2.15. The molecule has 0 aliphatic heterocycles. The summed E-state index contributed by atoms with van der Waals surface area (Å²) in [5.74, 6) is -0.348. The number of anilines is 1. The average molecular weight is 280 g/mol. The minimum atomic E-state index is -0.394. The summed E-state index contributed by atoms with van der Waals surface area (Å²) in [4.78, 5) is 0. The van der Waals surface area contributed by atoms with E-state index >= 15 is 0 Å². The van der Waals surface area contributed by atoms with E-state index in [4.69, 9.17) is 11.6 Å². The number of para-hydroxylation sites is 1. The lowest BCUT2D eigenvalue weighted by Gasteiger charge is -2.19.